The third-order valence-electron chi connectivity index (χ3n) is 5.68. The molecule has 0 spiro atoms. The van der Waals surface area contributed by atoms with Gasteiger partial charge in [-0.3, -0.25) is 0 Å². The Balaban J connectivity index is 1.41. The number of nitrogens with zero attached hydrogens (tertiary/aromatic N) is 4. The number of pyridine rings is 1. The van der Waals surface area contributed by atoms with E-state index in [0.717, 1.165) is 47.5 Å². The van der Waals surface area contributed by atoms with Gasteiger partial charge in [-0.15, -0.1) is 0 Å². The maximum atomic E-state index is 6.35. The molecule has 0 amide bonds. The second kappa shape index (κ2) is 8.10. The lowest BCUT2D eigenvalue weighted by Crippen LogP contribution is -2.06. The fourth-order valence-corrected chi connectivity index (χ4v) is 4.78. The number of halogens is 3. The van der Waals surface area contributed by atoms with Gasteiger partial charge in [0.1, 0.15) is 16.5 Å². The van der Waals surface area contributed by atoms with Crippen LogP contribution in [0.5, 0.6) is 0 Å². The molecular weight excluding hydrogens is 443 g/mol. The zero-order valence-electron chi connectivity index (χ0n) is 15.9. The van der Waals surface area contributed by atoms with Crippen LogP contribution >= 0.6 is 34.8 Å². The number of rotatable bonds is 5. The van der Waals surface area contributed by atoms with Gasteiger partial charge in [-0.25, -0.2) is 15.0 Å². The van der Waals surface area contributed by atoms with E-state index in [2.05, 4.69) is 29.8 Å². The van der Waals surface area contributed by atoms with Gasteiger partial charge >= 0.3 is 0 Å². The number of nitrogens with one attached hydrogen (secondary N) is 2. The molecule has 0 aliphatic heterocycles. The topological polar surface area (TPSA) is 71.4 Å². The molecule has 1 aliphatic carbocycles. The molecule has 1 fully saturated rings. The van der Waals surface area contributed by atoms with E-state index in [1.54, 1.807) is 24.4 Å². The molecule has 1 unspecified atom stereocenters. The molecule has 1 aliphatic rings. The van der Waals surface area contributed by atoms with Gasteiger partial charge in [-0.05, 0) is 43.0 Å². The molecule has 0 radical (unpaired) electrons. The van der Waals surface area contributed by atoms with Crippen molar-refractivity contribution in [1.82, 2.24) is 24.5 Å². The summed E-state index contributed by atoms with van der Waals surface area (Å²) in [6, 6.07) is 7.52. The summed E-state index contributed by atoms with van der Waals surface area (Å²) in [6.45, 7) is 0.506. The van der Waals surface area contributed by atoms with Crippen molar-refractivity contribution in [2.45, 2.75) is 37.8 Å². The molecule has 1 saturated carbocycles. The summed E-state index contributed by atoms with van der Waals surface area (Å²) in [7, 11) is 0. The van der Waals surface area contributed by atoms with Gasteiger partial charge in [0.25, 0.3) is 0 Å². The minimum absolute atomic E-state index is 0.311. The normalized spacial score (nSPS) is 18.9. The van der Waals surface area contributed by atoms with Crippen molar-refractivity contribution in [2.75, 3.05) is 5.32 Å². The van der Waals surface area contributed by atoms with E-state index in [1.165, 1.54) is 0 Å². The number of hydrogen-bond donors (Lipinski definition) is 2. The Morgan fingerprint density at radius 2 is 2.03 bits per heavy atom. The lowest BCUT2D eigenvalue weighted by molar-refractivity contribution is 0.517. The van der Waals surface area contributed by atoms with Crippen molar-refractivity contribution in [1.29, 1.82) is 0 Å². The van der Waals surface area contributed by atoms with Crippen molar-refractivity contribution in [3.63, 3.8) is 0 Å². The highest BCUT2D eigenvalue weighted by atomic mass is 35.5. The van der Waals surface area contributed by atoms with Crippen LogP contribution < -0.4 is 5.32 Å². The molecule has 0 bridgehead atoms. The fraction of sp³-hybridized carbons (Fsp3) is 0.286. The Bertz CT molecular complexity index is 1190. The average molecular weight is 462 g/mol. The molecule has 30 heavy (non-hydrogen) atoms. The predicted molar refractivity (Wildman–Crippen MR) is 121 cm³/mol. The highest BCUT2D eigenvalue weighted by molar-refractivity contribution is 6.33. The first-order chi connectivity index (χ1) is 14.6. The third-order valence-corrected chi connectivity index (χ3v) is 6.48. The van der Waals surface area contributed by atoms with Crippen LogP contribution in [-0.4, -0.2) is 24.5 Å². The quantitative estimate of drug-likeness (QED) is 0.345. The molecular formula is C21H19Cl3N6. The number of anilines is 1. The van der Waals surface area contributed by atoms with Crippen LogP contribution in [0.3, 0.4) is 0 Å². The maximum absolute atomic E-state index is 6.35. The first-order valence-electron chi connectivity index (χ1n) is 9.78. The number of imidazole rings is 2. The minimum Gasteiger partial charge on any atom is -0.379 e. The number of benzene rings is 1. The van der Waals surface area contributed by atoms with E-state index in [-0.39, 0.29) is 0 Å². The number of hydrogen-bond acceptors (Lipinski definition) is 4. The zero-order chi connectivity index (χ0) is 20.7. The van der Waals surface area contributed by atoms with Gasteiger partial charge in [0.15, 0.2) is 5.65 Å². The summed E-state index contributed by atoms with van der Waals surface area (Å²) >= 11 is 18.8. The molecule has 3 aromatic heterocycles. The third kappa shape index (κ3) is 3.75. The van der Waals surface area contributed by atoms with E-state index in [4.69, 9.17) is 34.8 Å². The molecule has 3 heterocycles. The molecule has 9 heteroatoms. The van der Waals surface area contributed by atoms with E-state index in [9.17, 15) is 0 Å². The highest BCUT2D eigenvalue weighted by Gasteiger charge is 2.30. The van der Waals surface area contributed by atoms with Crippen molar-refractivity contribution in [2.24, 2.45) is 0 Å². The van der Waals surface area contributed by atoms with Crippen LogP contribution in [0.15, 0.2) is 43.0 Å². The van der Waals surface area contributed by atoms with Gasteiger partial charge in [0.05, 0.1) is 12.0 Å². The summed E-state index contributed by atoms with van der Waals surface area (Å²) in [5, 5.41) is 5.11. The Labute approximate surface area is 188 Å². The lowest BCUT2D eigenvalue weighted by Gasteiger charge is -2.14. The predicted octanol–water partition coefficient (Wildman–Crippen LogP) is 6.24. The monoisotopic (exact) mass is 460 g/mol. The van der Waals surface area contributed by atoms with Crippen molar-refractivity contribution < 1.29 is 0 Å². The lowest BCUT2D eigenvalue weighted by atomic mass is 10.1. The summed E-state index contributed by atoms with van der Waals surface area (Å²) in [5.74, 6) is 1.47. The van der Waals surface area contributed by atoms with Gasteiger partial charge in [0, 0.05) is 47.0 Å². The Morgan fingerprint density at radius 3 is 2.87 bits per heavy atom. The van der Waals surface area contributed by atoms with Crippen molar-refractivity contribution in [3.8, 4) is 0 Å². The number of fused-ring (bicyclic) bond motifs is 1. The Hall–Kier alpha value is -2.28. The van der Waals surface area contributed by atoms with Crippen molar-refractivity contribution >= 4 is 51.7 Å². The second-order valence-electron chi connectivity index (χ2n) is 7.54. The molecule has 2 N–H and O–H groups in total. The molecule has 6 nitrogen and oxygen atoms in total. The molecule has 0 saturated heterocycles. The average Bonchev–Trinajstić information content (AvgIpc) is 3.47. The van der Waals surface area contributed by atoms with E-state index >= 15 is 0 Å². The molecule has 2 atom stereocenters. The smallest absolute Gasteiger partial charge is 0.163 e. The van der Waals surface area contributed by atoms with Crippen LogP contribution in [0, 0.1) is 0 Å². The van der Waals surface area contributed by atoms with E-state index < -0.39 is 0 Å². The molecule has 4 aromatic rings. The van der Waals surface area contributed by atoms with E-state index in [0.29, 0.717) is 33.7 Å². The highest BCUT2D eigenvalue weighted by Crippen LogP contribution is 2.41. The number of aromatic nitrogens is 5. The largest absolute Gasteiger partial charge is 0.379 e. The fourth-order valence-electron chi connectivity index (χ4n) is 4.21. The first kappa shape index (κ1) is 19.7. The van der Waals surface area contributed by atoms with E-state index in [1.807, 2.05) is 18.6 Å². The number of H-pyrrole nitrogens is 1. The minimum atomic E-state index is 0.311. The summed E-state index contributed by atoms with van der Waals surface area (Å²) in [5.41, 5.74) is 3.30. The van der Waals surface area contributed by atoms with Crippen molar-refractivity contribution in [3.05, 3.63) is 69.6 Å². The number of aromatic amines is 1. The van der Waals surface area contributed by atoms with Crippen LogP contribution in [0.25, 0.3) is 11.2 Å². The molecule has 154 valence electrons. The van der Waals surface area contributed by atoms with Crippen LogP contribution in [0.1, 0.15) is 42.6 Å². The van der Waals surface area contributed by atoms with Gasteiger partial charge in [-0.2, -0.15) is 0 Å². The SMILES string of the molecule is Clc1ccc(Cl)c(CNc2cc(Cl)nc3c2ncn3C2CC[C@@H](c3ncc[nH]3)C2)c1. The first-order valence-corrected chi connectivity index (χ1v) is 10.9. The zero-order valence-corrected chi connectivity index (χ0v) is 18.2. The maximum Gasteiger partial charge on any atom is 0.163 e. The van der Waals surface area contributed by atoms with Gasteiger partial charge in [0.2, 0.25) is 0 Å². The summed E-state index contributed by atoms with van der Waals surface area (Å²) in [4.78, 5) is 16.9. The van der Waals surface area contributed by atoms with Crippen LogP contribution in [-0.2, 0) is 6.54 Å². The Kier molecular flexibility index (Phi) is 5.31. The second-order valence-corrected chi connectivity index (χ2v) is 8.77. The van der Waals surface area contributed by atoms with Crippen LogP contribution in [0.2, 0.25) is 15.2 Å². The summed E-state index contributed by atoms with van der Waals surface area (Å²) < 4.78 is 2.14. The molecule has 1 aromatic carbocycles. The van der Waals surface area contributed by atoms with Gasteiger partial charge < -0.3 is 14.9 Å². The Morgan fingerprint density at radius 1 is 1.13 bits per heavy atom. The van der Waals surface area contributed by atoms with Gasteiger partial charge in [-0.1, -0.05) is 34.8 Å². The standard InChI is InChI=1S/C21H19Cl3N6/c22-14-2-4-16(23)13(7-14)10-27-17-9-18(24)29-21-19(17)28-11-30(21)15-3-1-12(8-15)20-25-5-6-26-20/h2,4-7,9,11-12,15H,1,3,8,10H2,(H,25,26)(H,27,29)/t12-,15?/m1/s1. The molecule has 5 rings (SSSR count). The summed E-state index contributed by atoms with van der Waals surface area (Å²) in [6.07, 6.45) is 8.67. The van der Waals surface area contributed by atoms with Crippen LogP contribution in [0.4, 0.5) is 5.69 Å².